The summed E-state index contributed by atoms with van der Waals surface area (Å²) in [4.78, 5) is 33.3. The van der Waals surface area contributed by atoms with Crippen LogP contribution in [0.1, 0.15) is 55.1 Å². The van der Waals surface area contributed by atoms with Crippen molar-refractivity contribution in [3.8, 4) is 0 Å². The number of anilines is 1. The Morgan fingerprint density at radius 3 is 2.52 bits per heavy atom. The molecule has 1 unspecified atom stereocenters. The Morgan fingerprint density at radius 2 is 1.88 bits per heavy atom. The molecule has 0 radical (unpaired) electrons. The number of hydrogen-bond acceptors (Lipinski definition) is 4. The summed E-state index contributed by atoms with van der Waals surface area (Å²) in [6.07, 6.45) is 10.6. The van der Waals surface area contributed by atoms with Crippen molar-refractivity contribution in [2.24, 2.45) is 7.05 Å². The van der Waals surface area contributed by atoms with Gasteiger partial charge in [0, 0.05) is 37.7 Å². The van der Waals surface area contributed by atoms with Gasteiger partial charge >= 0.3 is 0 Å². The zero-order valence-electron chi connectivity index (χ0n) is 19.6. The minimum absolute atomic E-state index is 0.0709. The van der Waals surface area contributed by atoms with Crippen LogP contribution >= 0.6 is 0 Å². The molecule has 0 spiro atoms. The molecule has 4 rings (SSSR count). The first-order chi connectivity index (χ1) is 15.9. The van der Waals surface area contributed by atoms with Gasteiger partial charge in [-0.1, -0.05) is 43.5 Å². The molecular formula is C25H32N6O2. The van der Waals surface area contributed by atoms with Crippen LogP contribution < -0.4 is 10.2 Å². The molecule has 1 fully saturated rings. The van der Waals surface area contributed by atoms with Crippen molar-refractivity contribution >= 4 is 17.6 Å². The Morgan fingerprint density at radius 1 is 1.12 bits per heavy atom. The van der Waals surface area contributed by atoms with Gasteiger partial charge in [-0.3, -0.25) is 19.2 Å². The minimum Gasteiger partial charge on any atom is -0.351 e. The predicted molar refractivity (Wildman–Crippen MR) is 127 cm³/mol. The third kappa shape index (κ3) is 5.16. The molecule has 1 aliphatic rings. The van der Waals surface area contributed by atoms with E-state index in [9.17, 15) is 9.59 Å². The SMILES string of the molecule is Cc1ccccc1C(C(=O)NC1CCCCC1)N(C(=O)Cn1ccnc1C)c1ccn(C)n1. The van der Waals surface area contributed by atoms with E-state index >= 15 is 0 Å². The number of aryl methyl sites for hydroxylation is 3. The van der Waals surface area contributed by atoms with E-state index in [2.05, 4.69) is 15.4 Å². The van der Waals surface area contributed by atoms with Gasteiger partial charge in [0.15, 0.2) is 5.82 Å². The van der Waals surface area contributed by atoms with Gasteiger partial charge in [0.25, 0.3) is 0 Å². The summed E-state index contributed by atoms with van der Waals surface area (Å²) in [5, 5.41) is 7.75. The molecule has 1 N–H and O–H groups in total. The average molecular weight is 449 g/mol. The number of carbonyl (C=O) groups excluding carboxylic acids is 2. The van der Waals surface area contributed by atoms with E-state index < -0.39 is 6.04 Å². The van der Waals surface area contributed by atoms with Crippen molar-refractivity contribution < 1.29 is 9.59 Å². The van der Waals surface area contributed by atoms with Gasteiger partial charge in [0.1, 0.15) is 18.4 Å². The molecule has 1 aromatic carbocycles. The number of benzene rings is 1. The lowest BCUT2D eigenvalue weighted by Gasteiger charge is -2.33. The monoisotopic (exact) mass is 448 g/mol. The fraction of sp³-hybridized carbons (Fsp3) is 0.440. The summed E-state index contributed by atoms with van der Waals surface area (Å²) in [6.45, 7) is 3.89. The van der Waals surface area contributed by atoms with Crippen LogP contribution in [0.5, 0.6) is 0 Å². The van der Waals surface area contributed by atoms with Gasteiger partial charge in [-0.15, -0.1) is 0 Å². The smallest absolute Gasteiger partial charge is 0.249 e. The fourth-order valence-electron chi connectivity index (χ4n) is 4.55. The number of imidazole rings is 1. The molecule has 2 heterocycles. The number of amides is 2. The molecule has 1 aliphatic carbocycles. The second kappa shape index (κ2) is 10.0. The standard InChI is InChI=1S/C25H32N6O2/c1-18-9-7-8-12-21(18)24(25(33)27-20-10-5-4-6-11-20)31(22-13-15-29(3)28-22)23(32)17-30-16-14-26-19(30)2/h7-9,12-16,20,24H,4-6,10-11,17H2,1-3H3,(H,27,33). The Bertz CT molecular complexity index is 1110. The maximum atomic E-state index is 13.8. The zero-order valence-corrected chi connectivity index (χ0v) is 19.6. The van der Waals surface area contributed by atoms with Crippen molar-refractivity contribution in [1.29, 1.82) is 0 Å². The highest BCUT2D eigenvalue weighted by atomic mass is 16.2. The van der Waals surface area contributed by atoms with Gasteiger partial charge in [0.2, 0.25) is 11.8 Å². The summed E-state index contributed by atoms with van der Waals surface area (Å²) in [7, 11) is 1.80. The number of rotatable bonds is 7. The van der Waals surface area contributed by atoms with E-state index in [1.165, 1.54) is 6.42 Å². The molecule has 174 valence electrons. The first kappa shape index (κ1) is 22.8. The summed E-state index contributed by atoms with van der Waals surface area (Å²) in [5.41, 5.74) is 1.75. The third-order valence-corrected chi connectivity index (χ3v) is 6.39. The number of carbonyl (C=O) groups is 2. The van der Waals surface area contributed by atoms with Gasteiger partial charge in [0.05, 0.1) is 0 Å². The van der Waals surface area contributed by atoms with Crippen LogP contribution in [0.2, 0.25) is 0 Å². The molecule has 1 saturated carbocycles. The van der Waals surface area contributed by atoms with Crippen LogP contribution in [-0.4, -0.2) is 37.2 Å². The molecule has 2 aromatic heterocycles. The Balaban J connectivity index is 1.75. The summed E-state index contributed by atoms with van der Waals surface area (Å²) in [6, 6.07) is 8.83. The molecule has 1 atom stereocenters. The van der Waals surface area contributed by atoms with Crippen molar-refractivity contribution in [3.05, 3.63) is 65.9 Å². The number of hydrogen-bond donors (Lipinski definition) is 1. The Hall–Kier alpha value is -3.42. The summed E-state index contributed by atoms with van der Waals surface area (Å²) in [5.74, 6) is 0.801. The molecule has 2 amide bonds. The highest BCUT2D eigenvalue weighted by Crippen LogP contribution is 2.30. The van der Waals surface area contributed by atoms with Gasteiger partial charge < -0.3 is 9.88 Å². The Labute approximate surface area is 194 Å². The van der Waals surface area contributed by atoms with Crippen molar-refractivity contribution in [1.82, 2.24) is 24.6 Å². The first-order valence-corrected chi connectivity index (χ1v) is 11.6. The molecule has 8 nitrogen and oxygen atoms in total. The summed E-state index contributed by atoms with van der Waals surface area (Å²) < 4.78 is 3.43. The van der Waals surface area contributed by atoms with Crippen LogP contribution in [-0.2, 0) is 23.2 Å². The van der Waals surface area contributed by atoms with Crippen LogP contribution in [0.4, 0.5) is 5.82 Å². The molecule has 0 bridgehead atoms. The second-order valence-electron chi connectivity index (χ2n) is 8.82. The lowest BCUT2D eigenvalue weighted by atomic mass is 9.94. The maximum absolute atomic E-state index is 13.8. The molecule has 3 aromatic rings. The number of nitrogens with one attached hydrogen (secondary N) is 1. The van der Waals surface area contributed by atoms with E-state index in [1.807, 2.05) is 38.1 Å². The average Bonchev–Trinajstić information content (AvgIpc) is 3.41. The van der Waals surface area contributed by atoms with Crippen LogP contribution in [0.3, 0.4) is 0 Å². The molecule has 33 heavy (non-hydrogen) atoms. The van der Waals surface area contributed by atoms with E-state index in [1.54, 1.807) is 45.9 Å². The lowest BCUT2D eigenvalue weighted by Crippen LogP contribution is -2.48. The Kier molecular flexibility index (Phi) is 6.91. The van der Waals surface area contributed by atoms with E-state index in [-0.39, 0.29) is 24.4 Å². The van der Waals surface area contributed by atoms with Crippen LogP contribution in [0.15, 0.2) is 48.9 Å². The van der Waals surface area contributed by atoms with Crippen LogP contribution in [0, 0.1) is 13.8 Å². The number of aromatic nitrogens is 4. The highest BCUT2D eigenvalue weighted by molar-refractivity contribution is 6.00. The van der Waals surface area contributed by atoms with Gasteiger partial charge in [-0.25, -0.2) is 4.98 Å². The third-order valence-electron chi connectivity index (χ3n) is 6.39. The predicted octanol–water partition coefficient (Wildman–Crippen LogP) is 3.46. The lowest BCUT2D eigenvalue weighted by molar-refractivity contribution is -0.127. The topological polar surface area (TPSA) is 85.0 Å². The molecular weight excluding hydrogens is 416 g/mol. The van der Waals surface area contributed by atoms with Gasteiger partial charge in [-0.05, 0) is 37.8 Å². The van der Waals surface area contributed by atoms with Crippen LogP contribution in [0.25, 0.3) is 0 Å². The molecule has 0 aliphatic heterocycles. The number of nitrogens with zero attached hydrogens (tertiary/aromatic N) is 5. The minimum atomic E-state index is -0.820. The zero-order chi connectivity index (χ0) is 23.4. The van der Waals surface area contributed by atoms with E-state index in [0.29, 0.717) is 5.82 Å². The van der Waals surface area contributed by atoms with Crippen molar-refractivity contribution in [2.75, 3.05) is 4.90 Å². The highest BCUT2D eigenvalue weighted by Gasteiger charge is 2.36. The molecule has 0 saturated heterocycles. The molecule has 8 heteroatoms. The fourth-order valence-corrected chi connectivity index (χ4v) is 4.55. The normalized spacial score (nSPS) is 15.2. The van der Waals surface area contributed by atoms with Gasteiger partial charge in [-0.2, -0.15) is 5.10 Å². The quantitative estimate of drug-likeness (QED) is 0.600. The van der Waals surface area contributed by atoms with E-state index in [4.69, 9.17) is 0 Å². The van der Waals surface area contributed by atoms with Crippen molar-refractivity contribution in [2.45, 2.75) is 64.6 Å². The largest absolute Gasteiger partial charge is 0.351 e. The van der Waals surface area contributed by atoms with E-state index in [0.717, 1.165) is 42.6 Å². The first-order valence-electron chi connectivity index (χ1n) is 11.6. The summed E-state index contributed by atoms with van der Waals surface area (Å²) >= 11 is 0. The second-order valence-corrected chi connectivity index (χ2v) is 8.82. The maximum Gasteiger partial charge on any atom is 0.249 e. The van der Waals surface area contributed by atoms with Crippen molar-refractivity contribution in [3.63, 3.8) is 0 Å².